The first-order valence-corrected chi connectivity index (χ1v) is 6.47. The van der Waals surface area contributed by atoms with E-state index >= 15 is 0 Å². The van der Waals surface area contributed by atoms with E-state index in [1.165, 1.54) is 6.92 Å². The van der Waals surface area contributed by atoms with Crippen LogP contribution in [-0.4, -0.2) is 21.9 Å². The van der Waals surface area contributed by atoms with Crippen LogP contribution in [0.2, 0.25) is 0 Å². The van der Waals surface area contributed by atoms with E-state index in [-0.39, 0.29) is 11.7 Å². The Hall–Kier alpha value is -1.66. The van der Waals surface area contributed by atoms with Crippen LogP contribution in [0.15, 0.2) is 6.07 Å². The van der Waals surface area contributed by atoms with E-state index in [4.69, 9.17) is 0 Å². The number of aromatic nitrogens is 2. The maximum atomic E-state index is 12.5. The van der Waals surface area contributed by atoms with Crippen LogP contribution >= 0.6 is 0 Å². The molecule has 0 aromatic carbocycles. The molecule has 114 valence electrons. The first-order chi connectivity index (χ1) is 9.24. The molecule has 1 atom stereocenters. The molecule has 1 amide bonds. The molecule has 1 aromatic rings. The summed E-state index contributed by atoms with van der Waals surface area (Å²) in [5.41, 5.74) is -1.00. The number of hydrogen-bond acceptors (Lipinski definition) is 3. The van der Waals surface area contributed by atoms with E-state index in [9.17, 15) is 18.0 Å². The number of aryl methyl sites for hydroxylation is 1. The SMILES string of the molecule is CC.CCC(C)NC(=O)c1nc(C)cc(C(F)(F)F)n1. The number of carbonyl (C=O) groups excluding carboxylic acids is 1. The first-order valence-electron chi connectivity index (χ1n) is 6.47. The zero-order valence-corrected chi connectivity index (χ0v) is 12.3. The van der Waals surface area contributed by atoms with E-state index in [0.29, 0.717) is 6.42 Å². The van der Waals surface area contributed by atoms with Crippen LogP contribution in [0.3, 0.4) is 0 Å². The third-order valence-electron chi connectivity index (χ3n) is 2.34. The van der Waals surface area contributed by atoms with Gasteiger partial charge >= 0.3 is 6.18 Å². The Morgan fingerprint density at radius 1 is 1.35 bits per heavy atom. The van der Waals surface area contributed by atoms with E-state index in [2.05, 4.69) is 15.3 Å². The van der Waals surface area contributed by atoms with Crippen molar-refractivity contribution in [2.75, 3.05) is 0 Å². The summed E-state index contributed by atoms with van der Waals surface area (Å²) in [4.78, 5) is 18.6. The summed E-state index contributed by atoms with van der Waals surface area (Å²) in [5.74, 6) is -1.15. The lowest BCUT2D eigenvalue weighted by Gasteiger charge is -2.12. The molecule has 0 saturated carbocycles. The average molecular weight is 291 g/mol. The molecule has 0 fully saturated rings. The molecule has 0 saturated heterocycles. The van der Waals surface area contributed by atoms with Crippen molar-refractivity contribution in [1.82, 2.24) is 15.3 Å². The fourth-order valence-electron chi connectivity index (χ4n) is 1.21. The van der Waals surface area contributed by atoms with Gasteiger partial charge in [-0.3, -0.25) is 4.79 Å². The molecule has 1 unspecified atom stereocenters. The van der Waals surface area contributed by atoms with Crippen molar-refractivity contribution in [3.8, 4) is 0 Å². The molecule has 0 spiro atoms. The first kappa shape index (κ1) is 18.3. The maximum absolute atomic E-state index is 12.5. The van der Waals surface area contributed by atoms with Crippen LogP contribution in [0, 0.1) is 6.92 Å². The van der Waals surface area contributed by atoms with Gasteiger partial charge < -0.3 is 5.32 Å². The van der Waals surface area contributed by atoms with Gasteiger partial charge in [-0.25, -0.2) is 9.97 Å². The van der Waals surface area contributed by atoms with Crippen molar-refractivity contribution in [1.29, 1.82) is 0 Å². The van der Waals surface area contributed by atoms with Gasteiger partial charge in [-0.2, -0.15) is 13.2 Å². The molecule has 0 bridgehead atoms. The van der Waals surface area contributed by atoms with Crippen molar-refractivity contribution >= 4 is 5.91 Å². The minimum atomic E-state index is -4.58. The lowest BCUT2D eigenvalue weighted by molar-refractivity contribution is -0.141. The number of hydrogen-bond donors (Lipinski definition) is 1. The molecule has 7 heteroatoms. The van der Waals surface area contributed by atoms with Gasteiger partial charge in [0.2, 0.25) is 5.82 Å². The molecule has 1 heterocycles. The molecule has 1 N–H and O–H groups in total. The monoisotopic (exact) mass is 291 g/mol. The number of amides is 1. The van der Waals surface area contributed by atoms with Crippen LogP contribution in [-0.2, 0) is 6.18 Å². The molecule has 1 rings (SSSR count). The Kier molecular flexibility index (Phi) is 7.17. The molecule has 0 aliphatic carbocycles. The highest BCUT2D eigenvalue weighted by Gasteiger charge is 2.34. The largest absolute Gasteiger partial charge is 0.433 e. The van der Waals surface area contributed by atoms with Gasteiger partial charge in [-0.1, -0.05) is 20.8 Å². The number of rotatable bonds is 3. The van der Waals surface area contributed by atoms with Crippen LogP contribution < -0.4 is 5.32 Å². The van der Waals surface area contributed by atoms with Crippen molar-refractivity contribution in [3.05, 3.63) is 23.3 Å². The highest BCUT2D eigenvalue weighted by molar-refractivity contribution is 5.90. The smallest absolute Gasteiger partial charge is 0.347 e. The van der Waals surface area contributed by atoms with Gasteiger partial charge in [-0.15, -0.1) is 0 Å². The van der Waals surface area contributed by atoms with E-state index in [1.54, 1.807) is 6.92 Å². The lowest BCUT2D eigenvalue weighted by atomic mass is 10.2. The highest BCUT2D eigenvalue weighted by Crippen LogP contribution is 2.27. The second kappa shape index (κ2) is 7.81. The third-order valence-corrected chi connectivity index (χ3v) is 2.34. The van der Waals surface area contributed by atoms with E-state index < -0.39 is 23.6 Å². The Balaban J connectivity index is 0.00000172. The van der Waals surface area contributed by atoms with Gasteiger partial charge in [0.05, 0.1) is 0 Å². The topological polar surface area (TPSA) is 54.9 Å². The van der Waals surface area contributed by atoms with Gasteiger partial charge in [-0.05, 0) is 26.3 Å². The summed E-state index contributed by atoms with van der Waals surface area (Å²) < 4.78 is 37.6. The van der Waals surface area contributed by atoms with E-state index in [0.717, 1.165) is 6.07 Å². The second-order valence-corrected chi connectivity index (χ2v) is 4.00. The van der Waals surface area contributed by atoms with Crippen LogP contribution in [0.25, 0.3) is 0 Å². The minimum absolute atomic E-state index is 0.103. The number of nitrogens with zero attached hydrogens (tertiary/aromatic N) is 2. The Morgan fingerprint density at radius 3 is 2.35 bits per heavy atom. The number of nitrogens with one attached hydrogen (secondary N) is 1. The zero-order chi connectivity index (χ0) is 15.9. The predicted octanol–water partition coefficient (Wildman–Crippen LogP) is 3.36. The normalized spacial score (nSPS) is 12.2. The van der Waals surface area contributed by atoms with Gasteiger partial charge in [0.1, 0.15) is 5.69 Å². The molecule has 0 radical (unpaired) electrons. The molecule has 20 heavy (non-hydrogen) atoms. The molecule has 4 nitrogen and oxygen atoms in total. The van der Waals surface area contributed by atoms with Crippen LogP contribution in [0.5, 0.6) is 0 Å². The fraction of sp³-hybridized carbons (Fsp3) is 0.615. The molecular weight excluding hydrogens is 271 g/mol. The molecule has 0 aliphatic rings. The van der Waals surface area contributed by atoms with Crippen molar-refractivity contribution in [3.63, 3.8) is 0 Å². The average Bonchev–Trinajstić information content (AvgIpc) is 2.39. The highest BCUT2D eigenvalue weighted by atomic mass is 19.4. The Morgan fingerprint density at radius 2 is 1.90 bits per heavy atom. The predicted molar refractivity (Wildman–Crippen MR) is 70.3 cm³/mol. The summed E-state index contributed by atoms with van der Waals surface area (Å²) in [5, 5.41) is 2.52. The van der Waals surface area contributed by atoms with Crippen LogP contribution in [0.1, 0.15) is 56.1 Å². The Bertz CT molecular complexity index is 447. The maximum Gasteiger partial charge on any atom is 0.433 e. The molecular formula is C13H20F3N3O. The Labute approximate surface area is 116 Å². The second-order valence-electron chi connectivity index (χ2n) is 4.00. The number of alkyl halides is 3. The molecule has 0 aliphatic heterocycles. The van der Waals surface area contributed by atoms with Gasteiger partial charge in [0, 0.05) is 11.7 Å². The van der Waals surface area contributed by atoms with E-state index in [1.807, 2.05) is 20.8 Å². The summed E-state index contributed by atoms with van der Waals surface area (Å²) >= 11 is 0. The summed E-state index contributed by atoms with van der Waals surface area (Å²) in [6, 6.07) is 0.663. The zero-order valence-electron chi connectivity index (χ0n) is 12.3. The van der Waals surface area contributed by atoms with Gasteiger partial charge in [0.25, 0.3) is 5.91 Å². The van der Waals surface area contributed by atoms with Gasteiger partial charge in [0.15, 0.2) is 0 Å². The van der Waals surface area contributed by atoms with Crippen molar-refractivity contribution < 1.29 is 18.0 Å². The number of halogens is 3. The quantitative estimate of drug-likeness (QED) is 0.929. The van der Waals surface area contributed by atoms with Crippen LogP contribution in [0.4, 0.5) is 13.2 Å². The standard InChI is InChI=1S/C11H14F3N3O.C2H6/c1-4-6(2)16-10(18)9-15-7(3)5-8(17-9)11(12,13)14;1-2/h5-6H,4H2,1-3H3,(H,16,18);1-2H3. The summed E-state index contributed by atoms with van der Waals surface area (Å²) in [7, 11) is 0. The summed E-state index contributed by atoms with van der Waals surface area (Å²) in [6.07, 6.45) is -3.91. The number of carbonyl (C=O) groups is 1. The third kappa shape index (κ3) is 5.54. The fourth-order valence-corrected chi connectivity index (χ4v) is 1.21. The molecule has 1 aromatic heterocycles. The minimum Gasteiger partial charge on any atom is -0.347 e. The van der Waals surface area contributed by atoms with Crippen molar-refractivity contribution in [2.24, 2.45) is 0 Å². The summed E-state index contributed by atoms with van der Waals surface area (Å²) in [6.45, 7) is 8.98. The lowest BCUT2D eigenvalue weighted by Crippen LogP contribution is -2.33. The van der Waals surface area contributed by atoms with Crippen molar-refractivity contribution in [2.45, 2.75) is 53.3 Å².